The van der Waals surface area contributed by atoms with Crippen LogP contribution < -0.4 is 15.6 Å². The molecule has 0 aliphatic rings. The van der Waals surface area contributed by atoms with Crippen LogP contribution in [-0.2, 0) is 4.79 Å². The van der Waals surface area contributed by atoms with Crippen molar-refractivity contribution in [1.29, 1.82) is 0 Å². The van der Waals surface area contributed by atoms with E-state index in [0.717, 1.165) is 10.6 Å². The molecule has 162 valence electrons. The highest BCUT2D eigenvalue weighted by Gasteiger charge is 2.16. The Balaban J connectivity index is 1.68. The summed E-state index contributed by atoms with van der Waals surface area (Å²) in [6.45, 7) is 0. The predicted molar refractivity (Wildman–Crippen MR) is 131 cm³/mol. The number of anilines is 1. The van der Waals surface area contributed by atoms with Crippen molar-refractivity contribution in [2.75, 3.05) is 24.4 Å². The van der Waals surface area contributed by atoms with Gasteiger partial charge in [0.1, 0.15) is 5.75 Å². The normalized spacial score (nSPS) is 10.8. The van der Waals surface area contributed by atoms with Gasteiger partial charge in [0.2, 0.25) is 5.91 Å². The number of thioether (sulfide) groups is 2. The molecular weight excluding hydrogens is 442 g/mol. The van der Waals surface area contributed by atoms with Crippen molar-refractivity contribution in [3.8, 4) is 11.4 Å². The number of benzene rings is 3. The Morgan fingerprint density at radius 1 is 1.06 bits per heavy atom. The molecule has 4 aromatic rings. The fourth-order valence-corrected chi connectivity index (χ4v) is 4.62. The van der Waals surface area contributed by atoms with Crippen molar-refractivity contribution in [3.05, 3.63) is 83.2 Å². The lowest BCUT2D eigenvalue weighted by Gasteiger charge is -2.14. The fourth-order valence-electron chi connectivity index (χ4n) is 3.25. The molecule has 6 nitrogen and oxygen atoms in total. The Hall–Kier alpha value is -3.23. The molecule has 4 rings (SSSR count). The molecule has 0 saturated carbocycles. The van der Waals surface area contributed by atoms with E-state index in [1.165, 1.54) is 16.3 Å². The highest BCUT2D eigenvalue weighted by atomic mass is 32.2. The SMILES string of the molecule is COc1cccc(-n2c(SCC(=O)Nc3ccccc3SC)nc3ccccc3c2=O)c1. The zero-order valence-electron chi connectivity index (χ0n) is 17.6. The number of rotatable bonds is 7. The molecule has 0 fully saturated rings. The third kappa shape index (κ3) is 4.66. The molecule has 1 heterocycles. The highest BCUT2D eigenvalue weighted by molar-refractivity contribution is 7.99. The summed E-state index contributed by atoms with van der Waals surface area (Å²) in [5.74, 6) is 0.568. The Morgan fingerprint density at radius 2 is 1.84 bits per heavy atom. The molecule has 0 saturated heterocycles. The van der Waals surface area contributed by atoms with E-state index in [2.05, 4.69) is 10.3 Å². The maximum absolute atomic E-state index is 13.3. The number of ether oxygens (including phenoxy) is 1. The van der Waals surface area contributed by atoms with Gasteiger partial charge in [0.15, 0.2) is 5.16 Å². The third-order valence-corrected chi connectivity index (χ3v) is 6.50. The zero-order chi connectivity index (χ0) is 22.5. The van der Waals surface area contributed by atoms with Gasteiger partial charge in [-0.15, -0.1) is 11.8 Å². The molecule has 0 radical (unpaired) electrons. The molecule has 0 atom stereocenters. The second kappa shape index (κ2) is 9.93. The first-order valence-electron chi connectivity index (χ1n) is 9.82. The van der Waals surface area contributed by atoms with E-state index < -0.39 is 0 Å². The summed E-state index contributed by atoms with van der Waals surface area (Å²) >= 11 is 2.78. The molecule has 1 N–H and O–H groups in total. The minimum atomic E-state index is -0.195. The summed E-state index contributed by atoms with van der Waals surface area (Å²) < 4.78 is 6.85. The number of para-hydroxylation sites is 2. The van der Waals surface area contributed by atoms with E-state index >= 15 is 0 Å². The number of carbonyl (C=O) groups excluding carboxylic acids is 1. The number of hydrogen-bond donors (Lipinski definition) is 1. The van der Waals surface area contributed by atoms with Gasteiger partial charge in [-0.25, -0.2) is 4.98 Å². The van der Waals surface area contributed by atoms with E-state index in [1.54, 1.807) is 37.1 Å². The van der Waals surface area contributed by atoms with Crippen LogP contribution in [0.4, 0.5) is 5.69 Å². The first kappa shape index (κ1) is 22.0. The van der Waals surface area contributed by atoms with Crippen molar-refractivity contribution in [2.45, 2.75) is 10.1 Å². The Bertz CT molecular complexity index is 1340. The molecule has 8 heteroatoms. The van der Waals surface area contributed by atoms with E-state index in [0.29, 0.717) is 27.5 Å². The highest BCUT2D eigenvalue weighted by Crippen LogP contribution is 2.26. The molecule has 0 aliphatic carbocycles. The van der Waals surface area contributed by atoms with Crippen molar-refractivity contribution < 1.29 is 9.53 Å². The van der Waals surface area contributed by atoms with Crippen LogP contribution in [0.15, 0.2) is 87.6 Å². The monoisotopic (exact) mass is 463 g/mol. The average molecular weight is 464 g/mol. The molecule has 0 aliphatic heterocycles. The van der Waals surface area contributed by atoms with Crippen molar-refractivity contribution in [1.82, 2.24) is 9.55 Å². The molecule has 32 heavy (non-hydrogen) atoms. The molecule has 3 aromatic carbocycles. The number of fused-ring (bicyclic) bond motifs is 1. The zero-order valence-corrected chi connectivity index (χ0v) is 19.2. The maximum atomic E-state index is 13.3. The number of methoxy groups -OCH3 is 1. The van der Waals surface area contributed by atoms with Crippen LogP contribution in [0.25, 0.3) is 16.6 Å². The smallest absolute Gasteiger partial charge is 0.266 e. The lowest BCUT2D eigenvalue weighted by molar-refractivity contribution is -0.113. The number of nitrogens with zero attached hydrogens (tertiary/aromatic N) is 2. The standard InChI is InChI=1S/C24H21N3O3S2/c1-30-17-9-7-8-16(14-17)27-23(29)18-10-3-4-11-19(18)26-24(27)32-15-22(28)25-20-12-5-6-13-21(20)31-2/h3-14H,15H2,1-2H3,(H,25,28). The van der Waals surface area contributed by atoms with E-state index in [1.807, 2.05) is 60.9 Å². The third-order valence-electron chi connectivity index (χ3n) is 4.77. The van der Waals surface area contributed by atoms with Gasteiger partial charge in [0, 0.05) is 11.0 Å². The van der Waals surface area contributed by atoms with Gasteiger partial charge in [-0.3, -0.25) is 14.2 Å². The Morgan fingerprint density at radius 3 is 2.66 bits per heavy atom. The minimum Gasteiger partial charge on any atom is -0.497 e. The number of carbonyl (C=O) groups is 1. The van der Waals surface area contributed by atoms with Crippen LogP contribution in [0.1, 0.15) is 0 Å². The van der Waals surface area contributed by atoms with Crippen molar-refractivity contribution >= 4 is 46.0 Å². The molecular formula is C24H21N3O3S2. The van der Waals surface area contributed by atoms with Gasteiger partial charge in [0.05, 0.1) is 35.1 Å². The van der Waals surface area contributed by atoms with Crippen LogP contribution in [0.3, 0.4) is 0 Å². The number of amides is 1. The minimum absolute atomic E-state index is 0.109. The van der Waals surface area contributed by atoms with Crippen LogP contribution >= 0.6 is 23.5 Å². The number of hydrogen-bond acceptors (Lipinski definition) is 6. The molecule has 0 spiro atoms. The Labute approximate surface area is 194 Å². The number of aromatic nitrogens is 2. The van der Waals surface area contributed by atoms with E-state index in [9.17, 15) is 9.59 Å². The fraction of sp³-hybridized carbons (Fsp3) is 0.125. The van der Waals surface area contributed by atoms with Crippen LogP contribution in [-0.4, -0.2) is 34.6 Å². The lowest BCUT2D eigenvalue weighted by atomic mass is 10.2. The van der Waals surface area contributed by atoms with Gasteiger partial charge < -0.3 is 10.1 Å². The van der Waals surface area contributed by atoms with E-state index in [-0.39, 0.29) is 17.2 Å². The van der Waals surface area contributed by atoms with Gasteiger partial charge in [-0.1, -0.05) is 42.1 Å². The lowest BCUT2D eigenvalue weighted by Crippen LogP contribution is -2.23. The summed E-state index contributed by atoms with van der Waals surface area (Å²) in [6.07, 6.45) is 1.96. The van der Waals surface area contributed by atoms with Crippen LogP contribution in [0, 0.1) is 0 Å². The van der Waals surface area contributed by atoms with Gasteiger partial charge in [-0.2, -0.15) is 0 Å². The van der Waals surface area contributed by atoms with Crippen molar-refractivity contribution in [2.24, 2.45) is 0 Å². The summed E-state index contributed by atoms with van der Waals surface area (Å²) in [7, 11) is 1.58. The Kier molecular flexibility index (Phi) is 6.82. The molecule has 0 bridgehead atoms. The molecule has 1 aromatic heterocycles. The van der Waals surface area contributed by atoms with Crippen LogP contribution in [0.2, 0.25) is 0 Å². The molecule has 0 unspecified atom stereocenters. The summed E-state index contributed by atoms with van der Waals surface area (Å²) in [5, 5.41) is 3.90. The van der Waals surface area contributed by atoms with E-state index in [4.69, 9.17) is 4.74 Å². The van der Waals surface area contributed by atoms with Gasteiger partial charge >= 0.3 is 0 Å². The topological polar surface area (TPSA) is 73.2 Å². The summed E-state index contributed by atoms with van der Waals surface area (Å²) in [6, 6.07) is 22.1. The maximum Gasteiger partial charge on any atom is 0.266 e. The van der Waals surface area contributed by atoms with Crippen LogP contribution in [0.5, 0.6) is 5.75 Å². The quantitative estimate of drug-likeness (QED) is 0.312. The first-order valence-corrected chi connectivity index (χ1v) is 12.0. The van der Waals surface area contributed by atoms with Crippen molar-refractivity contribution in [3.63, 3.8) is 0 Å². The predicted octanol–water partition coefficient (Wildman–Crippen LogP) is 4.85. The second-order valence-electron chi connectivity index (χ2n) is 6.79. The summed E-state index contributed by atoms with van der Waals surface area (Å²) in [5.41, 5.74) is 1.79. The van der Waals surface area contributed by atoms with Gasteiger partial charge in [0.25, 0.3) is 5.56 Å². The first-order chi connectivity index (χ1) is 15.6. The van der Waals surface area contributed by atoms with Gasteiger partial charge in [-0.05, 0) is 42.7 Å². The average Bonchev–Trinajstić information content (AvgIpc) is 2.83. The second-order valence-corrected chi connectivity index (χ2v) is 8.58. The summed E-state index contributed by atoms with van der Waals surface area (Å²) in [4.78, 5) is 31.7. The number of nitrogens with one attached hydrogen (secondary N) is 1. The largest absolute Gasteiger partial charge is 0.497 e. The molecule has 1 amide bonds.